The number of benzene rings is 1. The average Bonchev–Trinajstić information content (AvgIpc) is 2.37. The van der Waals surface area contributed by atoms with Gasteiger partial charge in [-0.1, -0.05) is 18.2 Å². The maximum Gasteiger partial charge on any atom is 0.407 e. The normalized spacial score (nSPS) is 15.9. The summed E-state index contributed by atoms with van der Waals surface area (Å²) in [7, 11) is 0. The number of rotatable bonds is 6. The predicted molar refractivity (Wildman–Crippen MR) is 75.4 cm³/mol. The van der Waals surface area contributed by atoms with Gasteiger partial charge >= 0.3 is 6.09 Å². The van der Waals surface area contributed by atoms with E-state index in [0.29, 0.717) is 32.5 Å². The van der Waals surface area contributed by atoms with Crippen molar-refractivity contribution in [2.75, 3.05) is 19.6 Å². The van der Waals surface area contributed by atoms with E-state index in [1.54, 1.807) is 12.1 Å². The molecule has 1 fully saturated rings. The Balaban J connectivity index is 1.89. The van der Waals surface area contributed by atoms with Gasteiger partial charge < -0.3 is 15.7 Å². The van der Waals surface area contributed by atoms with Crippen LogP contribution in [0.15, 0.2) is 24.3 Å². The van der Waals surface area contributed by atoms with E-state index in [2.05, 4.69) is 0 Å². The summed E-state index contributed by atoms with van der Waals surface area (Å²) >= 11 is 0. The minimum absolute atomic E-state index is 0.0165. The predicted octanol–water partition coefficient (Wildman–Crippen LogP) is 2.67. The second-order valence-corrected chi connectivity index (χ2v) is 5.54. The van der Waals surface area contributed by atoms with Gasteiger partial charge in [-0.05, 0) is 36.9 Å². The molecule has 6 heteroatoms. The monoisotopic (exact) mass is 298 g/mol. The number of likely N-dealkylation sites (tertiary alicyclic amines) is 1. The summed E-state index contributed by atoms with van der Waals surface area (Å²) in [5.74, 6) is -2.84. The molecule has 1 amide bonds. The molecular formula is C15H20F2N2O2. The van der Waals surface area contributed by atoms with Crippen molar-refractivity contribution < 1.29 is 18.7 Å². The molecule has 0 radical (unpaired) electrons. The highest BCUT2D eigenvalue weighted by Crippen LogP contribution is 2.36. The van der Waals surface area contributed by atoms with Crippen LogP contribution in [-0.4, -0.2) is 35.7 Å². The molecule has 1 saturated heterocycles. The molecule has 1 aliphatic heterocycles. The van der Waals surface area contributed by atoms with Crippen molar-refractivity contribution in [3.8, 4) is 0 Å². The Hall–Kier alpha value is -1.69. The number of hydrogen-bond donors (Lipinski definition) is 2. The van der Waals surface area contributed by atoms with Crippen molar-refractivity contribution in [3.05, 3.63) is 35.4 Å². The Morgan fingerprint density at radius 3 is 2.76 bits per heavy atom. The van der Waals surface area contributed by atoms with Crippen molar-refractivity contribution in [2.45, 2.75) is 25.2 Å². The molecule has 1 heterocycles. The summed E-state index contributed by atoms with van der Waals surface area (Å²) in [5.41, 5.74) is 6.27. The second kappa shape index (κ2) is 6.39. The summed E-state index contributed by atoms with van der Waals surface area (Å²) in [6.45, 7) is 1.15. The first kappa shape index (κ1) is 15.7. The van der Waals surface area contributed by atoms with Gasteiger partial charge in [-0.15, -0.1) is 0 Å². The lowest BCUT2D eigenvalue weighted by atomic mass is 9.91. The van der Waals surface area contributed by atoms with Crippen molar-refractivity contribution in [1.29, 1.82) is 0 Å². The molecule has 2 rings (SSSR count). The van der Waals surface area contributed by atoms with Crippen LogP contribution in [0.1, 0.15) is 24.0 Å². The smallest absolute Gasteiger partial charge is 0.407 e. The van der Waals surface area contributed by atoms with Crippen LogP contribution in [0.5, 0.6) is 0 Å². The number of nitrogens with zero attached hydrogens (tertiary/aromatic N) is 1. The molecule has 1 aromatic rings. The Bertz CT molecular complexity index is 502. The van der Waals surface area contributed by atoms with E-state index >= 15 is 0 Å². The fraction of sp³-hybridized carbons (Fsp3) is 0.533. The van der Waals surface area contributed by atoms with Crippen LogP contribution in [0.25, 0.3) is 0 Å². The van der Waals surface area contributed by atoms with Gasteiger partial charge in [0.25, 0.3) is 5.92 Å². The third-order valence-electron chi connectivity index (χ3n) is 3.88. The molecule has 4 nitrogen and oxygen atoms in total. The van der Waals surface area contributed by atoms with Crippen LogP contribution in [0.3, 0.4) is 0 Å². The number of hydrogen-bond acceptors (Lipinski definition) is 2. The van der Waals surface area contributed by atoms with E-state index < -0.39 is 12.0 Å². The molecule has 3 N–H and O–H groups in total. The maximum absolute atomic E-state index is 14.2. The lowest BCUT2D eigenvalue weighted by Crippen LogP contribution is -2.49. The first-order valence-electron chi connectivity index (χ1n) is 7.07. The fourth-order valence-electron chi connectivity index (χ4n) is 2.56. The zero-order valence-corrected chi connectivity index (χ0v) is 11.8. The van der Waals surface area contributed by atoms with Crippen molar-refractivity contribution in [1.82, 2.24) is 4.90 Å². The molecule has 1 aliphatic rings. The molecule has 0 aliphatic carbocycles. The minimum Gasteiger partial charge on any atom is -0.465 e. The number of nitrogens with two attached hydrogens (primary N) is 1. The lowest BCUT2D eigenvalue weighted by molar-refractivity contribution is -0.0272. The largest absolute Gasteiger partial charge is 0.465 e. The Labute approximate surface area is 122 Å². The van der Waals surface area contributed by atoms with Crippen LogP contribution >= 0.6 is 0 Å². The van der Waals surface area contributed by atoms with Crippen molar-refractivity contribution >= 4 is 6.09 Å². The number of alkyl halides is 2. The fourth-order valence-corrected chi connectivity index (χ4v) is 2.56. The van der Waals surface area contributed by atoms with Gasteiger partial charge in [0.2, 0.25) is 0 Å². The zero-order valence-electron chi connectivity index (χ0n) is 11.8. The Morgan fingerprint density at radius 2 is 2.14 bits per heavy atom. The number of carboxylic acid groups (broad SMARTS) is 1. The van der Waals surface area contributed by atoms with Crippen molar-refractivity contribution in [2.24, 2.45) is 11.7 Å². The van der Waals surface area contributed by atoms with Crippen LogP contribution in [0.4, 0.5) is 13.6 Å². The van der Waals surface area contributed by atoms with Crippen LogP contribution in [0, 0.1) is 5.92 Å². The highest BCUT2D eigenvalue weighted by Gasteiger charge is 2.36. The van der Waals surface area contributed by atoms with Gasteiger partial charge in [-0.25, -0.2) is 13.6 Å². The Morgan fingerprint density at radius 1 is 1.43 bits per heavy atom. The minimum atomic E-state index is -2.88. The number of amides is 1. The highest BCUT2D eigenvalue weighted by atomic mass is 19.3. The lowest BCUT2D eigenvalue weighted by Gasteiger charge is -2.37. The quantitative estimate of drug-likeness (QED) is 0.848. The molecule has 0 unspecified atom stereocenters. The Kier molecular flexibility index (Phi) is 4.77. The van der Waals surface area contributed by atoms with Gasteiger partial charge in [-0.3, -0.25) is 0 Å². The van der Waals surface area contributed by atoms with Crippen LogP contribution in [0.2, 0.25) is 0 Å². The molecule has 0 saturated carbocycles. The molecule has 0 aromatic heterocycles. The molecule has 0 atom stereocenters. The third kappa shape index (κ3) is 3.91. The summed E-state index contributed by atoms with van der Waals surface area (Å²) in [6.07, 6.45) is -0.317. The summed E-state index contributed by atoms with van der Waals surface area (Å²) < 4.78 is 28.4. The SMILES string of the molecule is NCCc1cccc(C(F)(F)CCC2CN(C(=O)O)C2)c1. The van der Waals surface area contributed by atoms with E-state index in [1.807, 2.05) is 0 Å². The van der Waals surface area contributed by atoms with Gasteiger partial charge in [0.1, 0.15) is 0 Å². The highest BCUT2D eigenvalue weighted by molar-refractivity contribution is 5.65. The molecule has 0 spiro atoms. The third-order valence-corrected chi connectivity index (χ3v) is 3.88. The maximum atomic E-state index is 14.2. The number of carbonyl (C=O) groups is 1. The van der Waals surface area contributed by atoms with Gasteiger partial charge in [0.05, 0.1) is 0 Å². The average molecular weight is 298 g/mol. The van der Waals surface area contributed by atoms with Gasteiger partial charge in [0.15, 0.2) is 0 Å². The van der Waals surface area contributed by atoms with Crippen LogP contribution < -0.4 is 5.73 Å². The van der Waals surface area contributed by atoms with E-state index in [0.717, 1.165) is 5.56 Å². The topological polar surface area (TPSA) is 66.6 Å². The van der Waals surface area contributed by atoms with E-state index in [4.69, 9.17) is 10.8 Å². The molecule has 1 aromatic carbocycles. The van der Waals surface area contributed by atoms with E-state index in [9.17, 15) is 13.6 Å². The zero-order chi connectivity index (χ0) is 15.5. The summed E-state index contributed by atoms with van der Waals surface area (Å²) in [4.78, 5) is 11.9. The standard InChI is InChI=1S/C15H20F2N2O2/c16-15(17,6-4-12-9-19(10-12)14(20)21)13-3-1-2-11(8-13)5-7-18/h1-3,8,12H,4-7,9-10,18H2,(H,20,21). The molecule has 21 heavy (non-hydrogen) atoms. The van der Waals surface area contributed by atoms with Crippen LogP contribution in [-0.2, 0) is 12.3 Å². The molecule has 116 valence electrons. The van der Waals surface area contributed by atoms with E-state index in [1.165, 1.54) is 17.0 Å². The van der Waals surface area contributed by atoms with Gasteiger partial charge in [0, 0.05) is 25.1 Å². The van der Waals surface area contributed by atoms with Crippen molar-refractivity contribution in [3.63, 3.8) is 0 Å². The summed E-state index contributed by atoms with van der Waals surface area (Å²) in [5, 5.41) is 8.71. The molecule has 0 bridgehead atoms. The van der Waals surface area contributed by atoms with Gasteiger partial charge in [-0.2, -0.15) is 0 Å². The van der Waals surface area contributed by atoms with E-state index in [-0.39, 0.29) is 17.9 Å². The number of halogens is 2. The first-order valence-corrected chi connectivity index (χ1v) is 7.07. The first-order chi connectivity index (χ1) is 9.92. The summed E-state index contributed by atoms with van der Waals surface area (Å²) in [6, 6.07) is 6.37. The molecular weight excluding hydrogens is 278 g/mol. The second-order valence-electron chi connectivity index (χ2n) is 5.54.